The second-order valence-electron chi connectivity index (χ2n) is 4.16. The van der Waals surface area contributed by atoms with Crippen LogP contribution >= 0.6 is 27.7 Å². The number of anilines is 1. The van der Waals surface area contributed by atoms with E-state index in [0.717, 1.165) is 14.4 Å². The van der Waals surface area contributed by atoms with E-state index in [0.29, 0.717) is 5.69 Å². The Morgan fingerprint density at radius 3 is 2.58 bits per heavy atom. The number of benzene rings is 2. The molecule has 0 amide bonds. The number of nitrogen functional groups attached to an aromatic ring is 1. The minimum absolute atomic E-state index is 0.688. The van der Waals surface area contributed by atoms with Gasteiger partial charge < -0.3 is 5.73 Å². The number of nitrogens with two attached hydrogens (primary N) is 1. The van der Waals surface area contributed by atoms with Crippen molar-refractivity contribution in [3.8, 4) is 0 Å². The van der Waals surface area contributed by atoms with Gasteiger partial charge in [0.05, 0.1) is 5.69 Å². The van der Waals surface area contributed by atoms with E-state index in [4.69, 9.17) is 5.73 Å². The van der Waals surface area contributed by atoms with E-state index in [-0.39, 0.29) is 0 Å². The van der Waals surface area contributed by atoms with E-state index < -0.39 is 0 Å². The minimum atomic E-state index is 0.688. The predicted molar refractivity (Wildman–Crippen MR) is 84.4 cm³/mol. The molecule has 0 aliphatic carbocycles. The summed E-state index contributed by atoms with van der Waals surface area (Å²) >= 11 is 4.94. The van der Waals surface area contributed by atoms with Crippen LogP contribution in [0.3, 0.4) is 0 Å². The topological polar surface area (TPSA) is 38.9 Å². The van der Waals surface area contributed by atoms with Crippen LogP contribution in [0, 0.1) is 0 Å². The molecule has 0 saturated heterocycles. The number of pyridine rings is 1. The molecule has 0 spiro atoms. The third-order valence-corrected chi connectivity index (χ3v) is 4.24. The lowest BCUT2D eigenvalue weighted by atomic mass is 10.1. The van der Waals surface area contributed by atoms with Gasteiger partial charge in [-0.05, 0) is 44.9 Å². The zero-order valence-corrected chi connectivity index (χ0v) is 12.4. The Hall–Kier alpha value is -1.52. The molecule has 3 aromatic rings. The number of hydrogen-bond donors (Lipinski definition) is 1. The summed E-state index contributed by atoms with van der Waals surface area (Å²) in [7, 11) is 0. The van der Waals surface area contributed by atoms with Crippen molar-refractivity contribution in [3.05, 3.63) is 59.2 Å². The summed E-state index contributed by atoms with van der Waals surface area (Å²) in [6, 6.07) is 16.5. The molecular weight excluding hydrogens is 320 g/mol. The third-order valence-electron chi connectivity index (χ3n) is 2.78. The van der Waals surface area contributed by atoms with Crippen LogP contribution in [-0.2, 0) is 0 Å². The fraction of sp³-hybridized carbons (Fsp3) is 0. The third kappa shape index (κ3) is 2.74. The van der Waals surface area contributed by atoms with Crippen LogP contribution < -0.4 is 5.73 Å². The predicted octanol–water partition coefficient (Wildman–Crippen LogP) is 4.73. The summed E-state index contributed by atoms with van der Waals surface area (Å²) in [4.78, 5) is 5.48. The van der Waals surface area contributed by atoms with Crippen LogP contribution in [0.15, 0.2) is 69.1 Å². The Bertz CT molecular complexity index is 743. The second kappa shape index (κ2) is 5.23. The highest BCUT2D eigenvalue weighted by atomic mass is 79.9. The first-order valence-electron chi connectivity index (χ1n) is 5.80. The standard InChI is InChI=1S/C15H11BrN2S/c16-12-8-14(17)15(18-9-12)19-13-6-5-10-3-1-2-4-11(10)7-13/h1-9H,17H2. The number of fused-ring (bicyclic) bond motifs is 1. The minimum Gasteiger partial charge on any atom is -0.397 e. The zero-order chi connectivity index (χ0) is 13.2. The maximum absolute atomic E-state index is 5.97. The van der Waals surface area contributed by atoms with Gasteiger partial charge in [0.2, 0.25) is 0 Å². The zero-order valence-electron chi connectivity index (χ0n) is 10.0. The molecule has 1 aromatic heterocycles. The molecule has 1 heterocycles. The molecule has 2 nitrogen and oxygen atoms in total. The Labute approximate surface area is 124 Å². The lowest BCUT2D eigenvalue weighted by molar-refractivity contribution is 1.13. The maximum Gasteiger partial charge on any atom is 0.124 e. The molecule has 0 bridgehead atoms. The van der Waals surface area contributed by atoms with Gasteiger partial charge in [-0.3, -0.25) is 0 Å². The van der Waals surface area contributed by atoms with Crippen LogP contribution in [0.25, 0.3) is 10.8 Å². The molecule has 94 valence electrons. The fourth-order valence-corrected chi connectivity index (χ4v) is 3.05. The molecule has 2 N–H and O–H groups in total. The summed E-state index contributed by atoms with van der Waals surface area (Å²) in [6.45, 7) is 0. The van der Waals surface area contributed by atoms with Gasteiger partial charge in [0.1, 0.15) is 5.03 Å². The van der Waals surface area contributed by atoms with E-state index in [1.165, 1.54) is 10.8 Å². The molecule has 0 unspecified atom stereocenters. The van der Waals surface area contributed by atoms with Gasteiger partial charge in [-0.25, -0.2) is 4.98 Å². The second-order valence-corrected chi connectivity index (χ2v) is 6.14. The first kappa shape index (κ1) is 12.5. The van der Waals surface area contributed by atoms with Crippen molar-refractivity contribution in [2.75, 3.05) is 5.73 Å². The number of nitrogens with zero attached hydrogens (tertiary/aromatic N) is 1. The molecule has 0 fully saturated rings. The molecule has 4 heteroatoms. The van der Waals surface area contributed by atoms with Crippen molar-refractivity contribution < 1.29 is 0 Å². The van der Waals surface area contributed by atoms with E-state index in [9.17, 15) is 0 Å². The first-order chi connectivity index (χ1) is 9.22. The Morgan fingerprint density at radius 2 is 1.79 bits per heavy atom. The molecule has 0 saturated carbocycles. The Kier molecular flexibility index (Phi) is 3.44. The summed E-state index contributed by atoms with van der Waals surface area (Å²) in [5.74, 6) is 0. The van der Waals surface area contributed by atoms with Crippen LogP contribution in [0.1, 0.15) is 0 Å². The monoisotopic (exact) mass is 330 g/mol. The van der Waals surface area contributed by atoms with Crippen molar-refractivity contribution >= 4 is 44.2 Å². The summed E-state index contributed by atoms with van der Waals surface area (Å²) in [6.07, 6.45) is 1.76. The first-order valence-corrected chi connectivity index (χ1v) is 7.41. The number of rotatable bonds is 2. The van der Waals surface area contributed by atoms with Gasteiger partial charge in [-0.2, -0.15) is 0 Å². The van der Waals surface area contributed by atoms with Crippen molar-refractivity contribution in [3.63, 3.8) is 0 Å². The van der Waals surface area contributed by atoms with Gasteiger partial charge in [0.15, 0.2) is 0 Å². The molecule has 0 atom stereocenters. The molecular formula is C15H11BrN2S. The summed E-state index contributed by atoms with van der Waals surface area (Å²) in [5, 5.41) is 3.30. The van der Waals surface area contributed by atoms with Crippen molar-refractivity contribution in [1.82, 2.24) is 4.98 Å². The van der Waals surface area contributed by atoms with Gasteiger partial charge in [0.25, 0.3) is 0 Å². The lowest BCUT2D eigenvalue weighted by Crippen LogP contribution is -1.91. The van der Waals surface area contributed by atoms with Gasteiger partial charge >= 0.3 is 0 Å². The van der Waals surface area contributed by atoms with E-state index in [1.54, 1.807) is 18.0 Å². The molecule has 19 heavy (non-hydrogen) atoms. The smallest absolute Gasteiger partial charge is 0.124 e. The van der Waals surface area contributed by atoms with Crippen LogP contribution in [0.4, 0.5) is 5.69 Å². The molecule has 0 aliphatic heterocycles. The van der Waals surface area contributed by atoms with E-state index >= 15 is 0 Å². The normalized spacial score (nSPS) is 10.8. The van der Waals surface area contributed by atoms with Gasteiger partial charge in [0, 0.05) is 15.6 Å². The number of aromatic nitrogens is 1. The van der Waals surface area contributed by atoms with Gasteiger partial charge in [-0.15, -0.1) is 0 Å². The van der Waals surface area contributed by atoms with Crippen molar-refractivity contribution in [2.45, 2.75) is 9.92 Å². The van der Waals surface area contributed by atoms with Crippen LogP contribution in [-0.4, -0.2) is 4.98 Å². The number of halogens is 1. The highest BCUT2D eigenvalue weighted by molar-refractivity contribution is 9.10. The number of hydrogen-bond acceptors (Lipinski definition) is 3. The van der Waals surface area contributed by atoms with Gasteiger partial charge in [-0.1, -0.05) is 42.1 Å². The molecule has 0 radical (unpaired) electrons. The largest absolute Gasteiger partial charge is 0.397 e. The SMILES string of the molecule is Nc1cc(Br)cnc1Sc1ccc2ccccc2c1. The molecule has 0 aliphatic rings. The Morgan fingerprint density at radius 1 is 1.00 bits per heavy atom. The summed E-state index contributed by atoms with van der Waals surface area (Å²) < 4.78 is 0.896. The summed E-state index contributed by atoms with van der Waals surface area (Å²) in [5.41, 5.74) is 6.66. The fourth-order valence-electron chi connectivity index (χ4n) is 1.87. The molecule has 2 aromatic carbocycles. The quantitative estimate of drug-likeness (QED) is 0.738. The Balaban J connectivity index is 1.96. The lowest BCUT2D eigenvalue weighted by Gasteiger charge is -2.06. The maximum atomic E-state index is 5.97. The highest BCUT2D eigenvalue weighted by Gasteiger charge is 2.05. The average Bonchev–Trinajstić information content (AvgIpc) is 2.42. The molecule has 3 rings (SSSR count). The average molecular weight is 331 g/mol. The van der Waals surface area contributed by atoms with E-state index in [1.807, 2.05) is 18.2 Å². The highest BCUT2D eigenvalue weighted by Crippen LogP contribution is 2.33. The van der Waals surface area contributed by atoms with Crippen molar-refractivity contribution in [1.29, 1.82) is 0 Å². The van der Waals surface area contributed by atoms with E-state index in [2.05, 4.69) is 51.2 Å². The van der Waals surface area contributed by atoms with Crippen LogP contribution in [0.5, 0.6) is 0 Å². The van der Waals surface area contributed by atoms with Crippen molar-refractivity contribution in [2.24, 2.45) is 0 Å². The van der Waals surface area contributed by atoms with Crippen LogP contribution in [0.2, 0.25) is 0 Å².